The third-order valence-corrected chi connectivity index (χ3v) is 3.45. The Bertz CT molecular complexity index is 419. The van der Waals surface area contributed by atoms with E-state index in [4.69, 9.17) is 4.74 Å². The molecule has 0 bridgehead atoms. The van der Waals surface area contributed by atoms with Crippen LogP contribution in [0.15, 0.2) is 24.3 Å². The fourth-order valence-electron chi connectivity index (χ4n) is 2.53. The summed E-state index contributed by atoms with van der Waals surface area (Å²) in [6.07, 6.45) is 1.54. The van der Waals surface area contributed by atoms with Crippen LogP contribution in [0.4, 0.5) is 4.39 Å². The average Bonchev–Trinajstić information content (AvgIpc) is 2.80. The largest absolute Gasteiger partial charge is 0.466 e. The molecule has 2 rings (SSSR count). The van der Waals surface area contributed by atoms with Gasteiger partial charge >= 0.3 is 5.97 Å². The van der Waals surface area contributed by atoms with Crippen molar-refractivity contribution in [2.45, 2.75) is 26.3 Å². The molecule has 0 spiro atoms. The molecule has 1 aromatic rings. The van der Waals surface area contributed by atoms with E-state index in [2.05, 4.69) is 4.90 Å². The minimum absolute atomic E-state index is 0.101. The molecule has 1 saturated heterocycles. The zero-order chi connectivity index (χ0) is 13.7. The smallest absolute Gasteiger partial charge is 0.306 e. The summed E-state index contributed by atoms with van der Waals surface area (Å²) in [6, 6.07) is 6.60. The first-order valence-electron chi connectivity index (χ1n) is 6.79. The molecule has 0 aromatic heterocycles. The van der Waals surface area contributed by atoms with Gasteiger partial charge in [-0.3, -0.25) is 9.69 Å². The van der Waals surface area contributed by atoms with Gasteiger partial charge in [0.15, 0.2) is 0 Å². The van der Waals surface area contributed by atoms with Crippen LogP contribution in [-0.2, 0) is 16.1 Å². The number of likely N-dealkylation sites (tertiary alicyclic amines) is 1. The first-order valence-corrected chi connectivity index (χ1v) is 6.79. The monoisotopic (exact) mass is 265 g/mol. The third-order valence-electron chi connectivity index (χ3n) is 3.45. The molecule has 1 atom stereocenters. The van der Waals surface area contributed by atoms with Gasteiger partial charge in [-0.2, -0.15) is 0 Å². The number of benzene rings is 1. The number of carbonyl (C=O) groups excluding carboxylic acids is 1. The number of ether oxygens (including phenoxy) is 1. The fourth-order valence-corrected chi connectivity index (χ4v) is 2.53. The molecule has 19 heavy (non-hydrogen) atoms. The number of nitrogens with zero attached hydrogens (tertiary/aromatic N) is 1. The van der Waals surface area contributed by atoms with Crippen LogP contribution in [0.3, 0.4) is 0 Å². The van der Waals surface area contributed by atoms with Crippen LogP contribution in [0.25, 0.3) is 0 Å². The van der Waals surface area contributed by atoms with Crippen molar-refractivity contribution < 1.29 is 13.9 Å². The number of carbonyl (C=O) groups is 1. The van der Waals surface area contributed by atoms with Gasteiger partial charge in [-0.05, 0) is 43.5 Å². The van der Waals surface area contributed by atoms with Crippen molar-refractivity contribution in [2.75, 3.05) is 19.7 Å². The van der Waals surface area contributed by atoms with Gasteiger partial charge in [0, 0.05) is 19.5 Å². The molecule has 0 amide bonds. The van der Waals surface area contributed by atoms with Crippen LogP contribution < -0.4 is 0 Å². The maximum Gasteiger partial charge on any atom is 0.306 e. The molecule has 0 saturated carbocycles. The highest BCUT2D eigenvalue weighted by Gasteiger charge is 2.24. The minimum atomic E-state index is -0.203. The first kappa shape index (κ1) is 14.0. The molecule has 1 aliphatic heterocycles. The Balaban J connectivity index is 1.78. The summed E-state index contributed by atoms with van der Waals surface area (Å²) in [5.41, 5.74) is 1.11. The SMILES string of the molecule is CCOC(=O)CC1CCN(Cc2ccc(F)cc2)C1. The first-order chi connectivity index (χ1) is 9.17. The van der Waals surface area contributed by atoms with Crippen molar-refractivity contribution in [3.05, 3.63) is 35.6 Å². The van der Waals surface area contributed by atoms with Crippen molar-refractivity contribution in [1.29, 1.82) is 0 Å². The molecular formula is C15H20FNO2. The minimum Gasteiger partial charge on any atom is -0.466 e. The molecule has 1 aromatic carbocycles. The van der Waals surface area contributed by atoms with Crippen LogP contribution in [-0.4, -0.2) is 30.6 Å². The predicted octanol–water partition coefficient (Wildman–Crippen LogP) is 2.60. The Morgan fingerprint density at radius 1 is 1.42 bits per heavy atom. The quantitative estimate of drug-likeness (QED) is 0.766. The lowest BCUT2D eigenvalue weighted by Crippen LogP contribution is -2.21. The molecule has 4 heteroatoms. The summed E-state index contributed by atoms with van der Waals surface area (Å²) in [5, 5.41) is 0. The van der Waals surface area contributed by atoms with E-state index < -0.39 is 0 Å². The Hall–Kier alpha value is -1.42. The number of hydrogen-bond acceptors (Lipinski definition) is 3. The molecule has 1 unspecified atom stereocenters. The Morgan fingerprint density at radius 3 is 2.84 bits per heavy atom. The van der Waals surface area contributed by atoms with Crippen molar-refractivity contribution >= 4 is 5.97 Å². The Labute approximate surface area is 113 Å². The molecule has 0 aliphatic carbocycles. The number of hydrogen-bond donors (Lipinski definition) is 0. The van der Waals surface area contributed by atoms with Gasteiger partial charge in [0.1, 0.15) is 5.82 Å². The predicted molar refractivity (Wildman–Crippen MR) is 71.0 cm³/mol. The van der Waals surface area contributed by atoms with Gasteiger partial charge in [-0.25, -0.2) is 4.39 Å². The Morgan fingerprint density at radius 2 is 2.16 bits per heavy atom. The standard InChI is InChI=1S/C15H20FNO2/c1-2-19-15(18)9-13-7-8-17(11-13)10-12-3-5-14(16)6-4-12/h3-6,13H,2,7-11H2,1H3. The van der Waals surface area contributed by atoms with Crippen molar-refractivity contribution in [3.63, 3.8) is 0 Å². The molecule has 0 radical (unpaired) electrons. The number of halogens is 1. The molecular weight excluding hydrogens is 245 g/mol. The van der Waals surface area contributed by atoms with Gasteiger partial charge in [-0.15, -0.1) is 0 Å². The zero-order valence-electron chi connectivity index (χ0n) is 11.3. The summed E-state index contributed by atoms with van der Waals surface area (Å²) < 4.78 is 17.8. The molecule has 1 aliphatic rings. The lowest BCUT2D eigenvalue weighted by Gasteiger charge is -2.15. The van der Waals surface area contributed by atoms with Crippen molar-refractivity contribution in [1.82, 2.24) is 4.90 Å². The van der Waals surface area contributed by atoms with E-state index in [0.29, 0.717) is 18.9 Å². The fraction of sp³-hybridized carbons (Fsp3) is 0.533. The second-order valence-corrected chi connectivity index (χ2v) is 5.03. The van der Waals surface area contributed by atoms with Gasteiger partial charge in [-0.1, -0.05) is 12.1 Å². The number of esters is 1. The number of rotatable bonds is 5. The maximum absolute atomic E-state index is 12.8. The van der Waals surface area contributed by atoms with E-state index >= 15 is 0 Å². The van der Waals surface area contributed by atoms with Gasteiger partial charge in [0.05, 0.1) is 6.61 Å². The lowest BCUT2D eigenvalue weighted by molar-refractivity contribution is -0.144. The van der Waals surface area contributed by atoms with E-state index in [1.807, 2.05) is 19.1 Å². The summed E-state index contributed by atoms with van der Waals surface area (Å²) in [7, 11) is 0. The van der Waals surface area contributed by atoms with Crippen LogP contribution in [0.2, 0.25) is 0 Å². The highest BCUT2D eigenvalue weighted by Crippen LogP contribution is 2.22. The lowest BCUT2D eigenvalue weighted by atomic mass is 10.1. The van der Waals surface area contributed by atoms with Crippen LogP contribution >= 0.6 is 0 Å². The molecule has 1 fully saturated rings. The van der Waals surface area contributed by atoms with E-state index in [0.717, 1.165) is 31.6 Å². The molecule has 104 valence electrons. The molecule has 0 N–H and O–H groups in total. The summed E-state index contributed by atoms with van der Waals surface area (Å²) in [5.74, 6) is 0.0843. The second kappa shape index (κ2) is 6.66. The third kappa shape index (κ3) is 4.31. The summed E-state index contributed by atoms with van der Waals surface area (Å²) >= 11 is 0. The van der Waals surface area contributed by atoms with Crippen molar-refractivity contribution in [3.8, 4) is 0 Å². The summed E-state index contributed by atoms with van der Waals surface area (Å²) in [6.45, 7) is 5.00. The topological polar surface area (TPSA) is 29.5 Å². The maximum atomic E-state index is 12.8. The van der Waals surface area contributed by atoms with Gasteiger partial charge in [0.25, 0.3) is 0 Å². The highest BCUT2D eigenvalue weighted by atomic mass is 19.1. The Kier molecular flexibility index (Phi) is 4.91. The average molecular weight is 265 g/mol. The highest BCUT2D eigenvalue weighted by molar-refractivity contribution is 5.69. The second-order valence-electron chi connectivity index (χ2n) is 5.03. The van der Waals surface area contributed by atoms with E-state index in [-0.39, 0.29) is 11.8 Å². The van der Waals surface area contributed by atoms with Crippen molar-refractivity contribution in [2.24, 2.45) is 5.92 Å². The van der Waals surface area contributed by atoms with E-state index in [9.17, 15) is 9.18 Å². The molecule has 3 nitrogen and oxygen atoms in total. The molecule has 1 heterocycles. The zero-order valence-corrected chi connectivity index (χ0v) is 11.3. The van der Waals surface area contributed by atoms with E-state index in [1.54, 1.807) is 0 Å². The van der Waals surface area contributed by atoms with Gasteiger partial charge < -0.3 is 4.74 Å². The van der Waals surface area contributed by atoms with Crippen LogP contribution in [0.5, 0.6) is 0 Å². The van der Waals surface area contributed by atoms with E-state index in [1.165, 1.54) is 12.1 Å². The van der Waals surface area contributed by atoms with Gasteiger partial charge in [0.2, 0.25) is 0 Å². The normalized spacial score (nSPS) is 19.6. The summed E-state index contributed by atoms with van der Waals surface area (Å²) in [4.78, 5) is 13.7. The van der Waals surface area contributed by atoms with Crippen LogP contribution in [0, 0.1) is 11.7 Å². The van der Waals surface area contributed by atoms with Crippen LogP contribution in [0.1, 0.15) is 25.3 Å².